The maximum Gasteiger partial charge on any atom is 0.0477 e. The van der Waals surface area contributed by atoms with Gasteiger partial charge in [0.1, 0.15) is 0 Å². The highest BCUT2D eigenvalue weighted by Crippen LogP contribution is 2.31. The molecule has 2 aliphatic rings. The SMILES string of the molecule is COCCC(C)N1CCCNC2(CCCCC2)C1. The van der Waals surface area contributed by atoms with Crippen LogP contribution in [0.3, 0.4) is 0 Å². The van der Waals surface area contributed by atoms with Gasteiger partial charge < -0.3 is 10.1 Å². The zero-order valence-electron chi connectivity index (χ0n) is 12.2. The van der Waals surface area contributed by atoms with Crippen molar-refractivity contribution in [3.05, 3.63) is 0 Å². The maximum absolute atomic E-state index is 5.23. The van der Waals surface area contributed by atoms with Gasteiger partial charge in [-0.3, -0.25) is 4.90 Å². The van der Waals surface area contributed by atoms with Gasteiger partial charge in [-0.2, -0.15) is 0 Å². The van der Waals surface area contributed by atoms with Gasteiger partial charge in [0.25, 0.3) is 0 Å². The number of rotatable bonds is 4. The first-order chi connectivity index (χ1) is 8.76. The van der Waals surface area contributed by atoms with E-state index in [1.165, 1.54) is 58.2 Å². The Kier molecular flexibility index (Phi) is 5.46. The Morgan fingerprint density at radius 1 is 1.22 bits per heavy atom. The molecule has 1 spiro atoms. The third kappa shape index (κ3) is 3.69. The first-order valence-electron chi connectivity index (χ1n) is 7.74. The molecule has 0 aromatic heterocycles. The molecule has 0 aromatic carbocycles. The molecule has 0 bridgehead atoms. The normalized spacial score (nSPS) is 27.0. The van der Waals surface area contributed by atoms with E-state index < -0.39 is 0 Å². The Hall–Kier alpha value is -0.120. The van der Waals surface area contributed by atoms with Gasteiger partial charge in [-0.1, -0.05) is 19.3 Å². The highest BCUT2D eigenvalue weighted by Gasteiger charge is 2.35. The zero-order chi connectivity index (χ0) is 12.8. The Labute approximate surface area is 112 Å². The van der Waals surface area contributed by atoms with Crippen LogP contribution in [0.2, 0.25) is 0 Å². The smallest absolute Gasteiger partial charge is 0.0477 e. The maximum atomic E-state index is 5.23. The van der Waals surface area contributed by atoms with Gasteiger partial charge in [-0.25, -0.2) is 0 Å². The van der Waals surface area contributed by atoms with Gasteiger partial charge in [0.2, 0.25) is 0 Å². The summed E-state index contributed by atoms with van der Waals surface area (Å²) in [4.78, 5) is 2.70. The molecule has 2 rings (SSSR count). The summed E-state index contributed by atoms with van der Waals surface area (Å²) in [6.45, 7) is 6.95. The van der Waals surface area contributed by atoms with E-state index >= 15 is 0 Å². The molecule has 1 heterocycles. The molecule has 0 aromatic rings. The largest absolute Gasteiger partial charge is 0.385 e. The summed E-state index contributed by atoms with van der Waals surface area (Å²) in [5.41, 5.74) is 0.427. The molecule has 2 fully saturated rings. The standard InChI is InChI=1S/C15H30N2O/c1-14(7-12-18-2)17-11-6-10-16-15(13-17)8-4-3-5-9-15/h14,16H,3-13H2,1-2H3. The fourth-order valence-electron chi connectivity index (χ4n) is 3.57. The van der Waals surface area contributed by atoms with E-state index in [2.05, 4.69) is 17.1 Å². The first-order valence-corrected chi connectivity index (χ1v) is 7.74. The quantitative estimate of drug-likeness (QED) is 0.834. The lowest BCUT2D eigenvalue weighted by atomic mass is 9.81. The molecule has 1 atom stereocenters. The van der Waals surface area contributed by atoms with Gasteiger partial charge in [-0.05, 0) is 45.7 Å². The zero-order valence-corrected chi connectivity index (χ0v) is 12.2. The lowest BCUT2D eigenvalue weighted by Gasteiger charge is -2.41. The average molecular weight is 254 g/mol. The lowest BCUT2D eigenvalue weighted by Crippen LogP contribution is -2.54. The summed E-state index contributed by atoms with van der Waals surface area (Å²) in [7, 11) is 1.80. The van der Waals surface area contributed by atoms with Crippen molar-refractivity contribution >= 4 is 0 Å². The number of nitrogens with zero attached hydrogens (tertiary/aromatic N) is 1. The van der Waals surface area contributed by atoms with Gasteiger partial charge in [0.05, 0.1) is 0 Å². The molecule has 18 heavy (non-hydrogen) atoms. The van der Waals surface area contributed by atoms with Crippen molar-refractivity contribution in [3.8, 4) is 0 Å². The summed E-state index contributed by atoms with van der Waals surface area (Å²) < 4.78 is 5.23. The minimum Gasteiger partial charge on any atom is -0.385 e. The minimum absolute atomic E-state index is 0.427. The third-order valence-corrected chi connectivity index (χ3v) is 4.80. The van der Waals surface area contributed by atoms with Crippen molar-refractivity contribution in [2.45, 2.75) is 63.5 Å². The Morgan fingerprint density at radius 2 is 2.00 bits per heavy atom. The number of ether oxygens (including phenoxy) is 1. The molecule has 0 radical (unpaired) electrons. The van der Waals surface area contributed by atoms with E-state index in [-0.39, 0.29) is 0 Å². The van der Waals surface area contributed by atoms with E-state index in [0.717, 1.165) is 13.0 Å². The molecule has 1 aliphatic carbocycles. The van der Waals surface area contributed by atoms with Gasteiger partial charge in [0.15, 0.2) is 0 Å². The Morgan fingerprint density at radius 3 is 2.72 bits per heavy atom. The van der Waals surface area contributed by atoms with Crippen molar-refractivity contribution in [1.82, 2.24) is 10.2 Å². The molecule has 1 saturated carbocycles. The van der Waals surface area contributed by atoms with E-state index in [0.29, 0.717) is 11.6 Å². The van der Waals surface area contributed by atoms with Crippen molar-refractivity contribution in [2.24, 2.45) is 0 Å². The minimum atomic E-state index is 0.427. The van der Waals surface area contributed by atoms with Crippen molar-refractivity contribution in [3.63, 3.8) is 0 Å². The average Bonchev–Trinajstić information content (AvgIpc) is 2.60. The predicted octanol–water partition coefficient (Wildman–Crippen LogP) is 2.41. The van der Waals surface area contributed by atoms with Crippen LogP contribution in [0.4, 0.5) is 0 Å². The Balaban J connectivity index is 1.93. The number of methoxy groups -OCH3 is 1. The molecular formula is C15H30N2O. The van der Waals surface area contributed by atoms with Gasteiger partial charge >= 0.3 is 0 Å². The van der Waals surface area contributed by atoms with E-state index in [1.54, 1.807) is 7.11 Å². The molecule has 0 amide bonds. The van der Waals surface area contributed by atoms with Crippen molar-refractivity contribution < 1.29 is 4.74 Å². The van der Waals surface area contributed by atoms with Crippen LogP contribution in [-0.2, 0) is 4.74 Å². The highest BCUT2D eigenvalue weighted by atomic mass is 16.5. The van der Waals surface area contributed by atoms with E-state index in [9.17, 15) is 0 Å². The second kappa shape index (κ2) is 6.88. The predicted molar refractivity (Wildman–Crippen MR) is 76.0 cm³/mol. The van der Waals surface area contributed by atoms with E-state index in [1.807, 2.05) is 0 Å². The number of nitrogens with one attached hydrogen (secondary N) is 1. The Bertz CT molecular complexity index is 239. The van der Waals surface area contributed by atoms with Crippen LogP contribution < -0.4 is 5.32 Å². The third-order valence-electron chi connectivity index (χ3n) is 4.80. The van der Waals surface area contributed by atoms with Crippen LogP contribution in [0.25, 0.3) is 0 Å². The van der Waals surface area contributed by atoms with E-state index in [4.69, 9.17) is 4.74 Å². The first kappa shape index (κ1) is 14.3. The lowest BCUT2D eigenvalue weighted by molar-refractivity contribution is 0.106. The van der Waals surface area contributed by atoms with Crippen LogP contribution in [0.15, 0.2) is 0 Å². The van der Waals surface area contributed by atoms with Crippen LogP contribution in [0.5, 0.6) is 0 Å². The summed E-state index contributed by atoms with van der Waals surface area (Å²) in [5.74, 6) is 0. The molecule has 3 heteroatoms. The van der Waals surface area contributed by atoms with Crippen LogP contribution in [0.1, 0.15) is 51.9 Å². The molecule has 1 aliphatic heterocycles. The number of hydrogen-bond acceptors (Lipinski definition) is 3. The van der Waals surface area contributed by atoms with Crippen LogP contribution in [-0.4, -0.2) is 49.8 Å². The molecule has 1 N–H and O–H groups in total. The van der Waals surface area contributed by atoms with Gasteiger partial charge in [-0.15, -0.1) is 0 Å². The molecule has 3 nitrogen and oxygen atoms in total. The second-order valence-electron chi connectivity index (χ2n) is 6.22. The summed E-state index contributed by atoms with van der Waals surface area (Å²) in [6.07, 6.45) is 9.45. The molecule has 106 valence electrons. The fourth-order valence-corrected chi connectivity index (χ4v) is 3.57. The summed E-state index contributed by atoms with van der Waals surface area (Å²) >= 11 is 0. The van der Waals surface area contributed by atoms with Gasteiger partial charge in [0, 0.05) is 31.8 Å². The monoisotopic (exact) mass is 254 g/mol. The van der Waals surface area contributed by atoms with Crippen molar-refractivity contribution in [1.29, 1.82) is 0 Å². The molecule has 1 saturated heterocycles. The topological polar surface area (TPSA) is 24.5 Å². The highest BCUT2D eigenvalue weighted by molar-refractivity contribution is 4.96. The molecular weight excluding hydrogens is 224 g/mol. The second-order valence-corrected chi connectivity index (χ2v) is 6.22. The van der Waals surface area contributed by atoms with Crippen LogP contribution in [0, 0.1) is 0 Å². The fraction of sp³-hybridized carbons (Fsp3) is 1.00. The summed E-state index contributed by atoms with van der Waals surface area (Å²) in [5, 5.41) is 3.86. The van der Waals surface area contributed by atoms with Crippen molar-refractivity contribution in [2.75, 3.05) is 33.4 Å². The van der Waals surface area contributed by atoms with Crippen LogP contribution >= 0.6 is 0 Å². The molecule has 1 unspecified atom stereocenters. The summed E-state index contributed by atoms with van der Waals surface area (Å²) in [6, 6.07) is 0.656. The number of hydrogen-bond donors (Lipinski definition) is 1.